The van der Waals surface area contributed by atoms with Crippen molar-refractivity contribution >= 4 is 17.6 Å². The highest BCUT2D eigenvalue weighted by Gasteiger charge is 2.13. The van der Waals surface area contributed by atoms with Crippen LogP contribution >= 0.6 is 0 Å². The highest BCUT2D eigenvalue weighted by Crippen LogP contribution is 2.17. The Hall–Kier alpha value is -2.28. The molecule has 0 heterocycles. The number of guanidine groups is 1. The van der Waals surface area contributed by atoms with E-state index in [1.807, 2.05) is 24.3 Å². The van der Waals surface area contributed by atoms with Crippen LogP contribution in [0.2, 0.25) is 0 Å². The summed E-state index contributed by atoms with van der Waals surface area (Å²) in [6, 6.07) is 7.61. The Morgan fingerprint density at radius 1 is 1.29 bits per heavy atom. The molecule has 1 rings (SSSR count). The van der Waals surface area contributed by atoms with Crippen LogP contribution in [-0.2, 0) is 14.3 Å². The molecule has 0 aromatic heterocycles. The molecule has 0 fully saturated rings. The van der Waals surface area contributed by atoms with Gasteiger partial charge in [0.05, 0.1) is 19.6 Å². The molecule has 1 aromatic rings. The van der Waals surface area contributed by atoms with E-state index >= 15 is 0 Å². The topological polar surface area (TPSA) is 81.2 Å². The van der Waals surface area contributed by atoms with Crippen molar-refractivity contribution in [3.63, 3.8) is 0 Å². The van der Waals surface area contributed by atoms with Gasteiger partial charge in [-0.1, -0.05) is 13.0 Å². The van der Waals surface area contributed by atoms with Gasteiger partial charge in [-0.25, -0.2) is 0 Å². The Balaban J connectivity index is 2.52. The van der Waals surface area contributed by atoms with Crippen molar-refractivity contribution in [3.8, 4) is 5.75 Å². The van der Waals surface area contributed by atoms with Crippen molar-refractivity contribution in [2.75, 3.05) is 46.3 Å². The quantitative estimate of drug-likeness (QED) is 0.310. The Bertz CT molecular complexity index is 534. The molecule has 24 heavy (non-hydrogen) atoms. The first-order chi connectivity index (χ1) is 11.6. The van der Waals surface area contributed by atoms with Crippen molar-refractivity contribution in [2.45, 2.75) is 13.3 Å². The van der Waals surface area contributed by atoms with Crippen LogP contribution in [0.4, 0.5) is 5.69 Å². The number of rotatable bonds is 9. The second-order valence-corrected chi connectivity index (χ2v) is 5.22. The molecular formula is C17H27N3O4. The average Bonchev–Trinajstić information content (AvgIpc) is 2.61. The minimum Gasteiger partial charge on any atom is -0.493 e. The number of esters is 1. The van der Waals surface area contributed by atoms with Crippen LogP contribution in [0, 0.1) is 5.92 Å². The van der Waals surface area contributed by atoms with Gasteiger partial charge in [0.25, 0.3) is 0 Å². The fraction of sp³-hybridized carbons (Fsp3) is 0.529. The first-order valence-corrected chi connectivity index (χ1v) is 7.88. The summed E-state index contributed by atoms with van der Waals surface area (Å²) in [5, 5.41) is 6.26. The second-order valence-electron chi connectivity index (χ2n) is 5.22. The number of carbonyl (C=O) groups is 1. The summed E-state index contributed by atoms with van der Waals surface area (Å²) in [5.74, 6) is 0.824. The largest absolute Gasteiger partial charge is 0.493 e. The molecule has 0 amide bonds. The molecule has 0 aliphatic heterocycles. The standard InChI is InChI=1S/C17H27N3O4/c1-13(16(21)23-4)12-19-17(18-2)20-14-7-5-8-15(11-14)24-10-6-9-22-3/h5,7-8,11,13H,6,9-10,12H2,1-4H3,(H2,18,19,20). The summed E-state index contributed by atoms with van der Waals surface area (Å²) >= 11 is 0. The van der Waals surface area contributed by atoms with Crippen LogP contribution in [0.15, 0.2) is 29.3 Å². The van der Waals surface area contributed by atoms with Gasteiger partial charge in [-0.15, -0.1) is 0 Å². The highest BCUT2D eigenvalue weighted by molar-refractivity contribution is 5.93. The van der Waals surface area contributed by atoms with Crippen molar-refractivity contribution in [2.24, 2.45) is 10.9 Å². The number of benzene rings is 1. The number of nitrogens with zero attached hydrogens (tertiary/aromatic N) is 1. The number of aliphatic imine (C=N–C) groups is 1. The summed E-state index contributed by atoms with van der Waals surface area (Å²) in [5.41, 5.74) is 0.845. The smallest absolute Gasteiger partial charge is 0.310 e. The Kier molecular flexibility index (Phi) is 9.29. The van der Waals surface area contributed by atoms with Gasteiger partial charge in [0.2, 0.25) is 0 Å². The lowest BCUT2D eigenvalue weighted by atomic mass is 10.2. The molecule has 0 saturated heterocycles. The number of anilines is 1. The lowest BCUT2D eigenvalue weighted by Gasteiger charge is -2.15. The summed E-state index contributed by atoms with van der Waals surface area (Å²) in [4.78, 5) is 15.6. The molecule has 7 heteroatoms. The van der Waals surface area contributed by atoms with Crippen LogP contribution in [0.5, 0.6) is 5.75 Å². The van der Waals surface area contributed by atoms with Crippen LogP contribution in [0.1, 0.15) is 13.3 Å². The van der Waals surface area contributed by atoms with Gasteiger partial charge >= 0.3 is 5.97 Å². The normalized spacial score (nSPS) is 12.4. The third-order valence-corrected chi connectivity index (χ3v) is 3.26. The number of nitrogens with one attached hydrogen (secondary N) is 2. The molecule has 1 unspecified atom stereocenters. The summed E-state index contributed by atoms with van der Waals surface area (Å²) < 4.78 is 15.4. The summed E-state index contributed by atoms with van der Waals surface area (Å²) in [6.07, 6.45) is 0.836. The zero-order valence-corrected chi connectivity index (χ0v) is 14.8. The first-order valence-electron chi connectivity index (χ1n) is 7.88. The van der Waals surface area contributed by atoms with E-state index < -0.39 is 0 Å². The molecule has 2 N–H and O–H groups in total. The predicted molar refractivity (Wildman–Crippen MR) is 94.6 cm³/mol. The van der Waals surface area contributed by atoms with E-state index in [4.69, 9.17) is 14.2 Å². The van der Waals surface area contributed by atoms with E-state index in [1.165, 1.54) is 7.11 Å². The second kappa shape index (κ2) is 11.3. The zero-order chi connectivity index (χ0) is 17.8. The van der Waals surface area contributed by atoms with Gasteiger partial charge in [0, 0.05) is 45.5 Å². The molecule has 0 saturated carbocycles. The first kappa shape index (κ1) is 19.8. The molecule has 0 radical (unpaired) electrons. The molecule has 1 aromatic carbocycles. The monoisotopic (exact) mass is 337 g/mol. The molecule has 0 aliphatic rings. The molecule has 1 atom stereocenters. The van der Waals surface area contributed by atoms with Gasteiger partial charge in [-0.2, -0.15) is 0 Å². The fourth-order valence-electron chi connectivity index (χ4n) is 1.91. The van der Waals surface area contributed by atoms with Gasteiger partial charge in [0.15, 0.2) is 5.96 Å². The van der Waals surface area contributed by atoms with Crippen molar-refractivity contribution in [1.82, 2.24) is 5.32 Å². The lowest BCUT2D eigenvalue weighted by Crippen LogP contribution is -2.36. The van der Waals surface area contributed by atoms with Crippen LogP contribution in [0.25, 0.3) is 0 Å². The molecule has 0 spiro atoms. The van der Waals surface area contributed by atoms with Gasteiger partial charge in [-0.05, 0) is 12.1 Å². The van der Waals surface area contributed by atoms with E-state index in [2.05, 4.69) is 15.6 Å². The minimum absolute atomic E-state index is 0.260. The SMILES string of the molecule is CN=C(NCC(C)C(=O)OC)Nc1cccc(OCCCOC)c1. The van der Waals surface area contributed by atoms with E-state index in [1.54, 1.807) is 21.1 Å². The maximum Gasteiger partial charge on any atom is 0.310 e. The molecule has 0 bridgehead atoms. The third kappa shape index (κ3) is 7.32. The molecular weight excluding hydrogens is 310 g/mol. The van der Waals surface area contributed by atoms with Gasteiger partial charge in [0.1, 0.15) is 5.75 Å². The van der Waals surface area contributed by atoms with Crippen LogP contribution < -0.4 is 15.4 Å². The predicted octanol–water partition coefficient (Wildman–Crippen LogP) is 1.90. The van der Waals surface area contributed by atoms with Crippen LogP contribution in [-0.4, -0.2) is 53.0 Å². The number of hydrogen-bond donors (Lipinski definition) is 2. The van der Waals surface area contributed by atoms with Crippen molar-refractivity contribution < 1.29 is 19.0 Å². The fourth-order valence-corrected chi connectivity index (χ4v) is 1.91. The molecule has 7 nitrogen and oxygen atoms in total. The number of carbonyl (C=O) groups excluding carboxylic acids is 1. The lowest BCUT2D eigenvalue weighted by molar-refractivity contribution is -0.144. The Labute approximate surface area is 143 Å². The number of ether oxygens (including phenoxy) is 3. The van der Waals surface area contributed by atoms with Crippen LogP contribution in [0.3, 0.4) is 0 Å². The molecule has 134 valence electrons. The summed E-state index contributed by atoms with van der Waals surface area (Å²) in [7, 11) is 4.72. The van der Waals surface area contributed by atoms with Crippen molar-refractivity contribution in [3.05, 3.63) is 24.3 Å². The third-order valence-electron chi connectivity index (χ3n) is 3.26. The Morgan fingerprint density at radius 2 is 2.08 bits per heavy atom. The van der Waals surface area contributed by atoms with E-state index in [0.29, 0.717) is 25.7 Å². The maximum atomic E-state index is 11.4. The highest BCUT2D eigenvalue weighted by atomic mass is 16.5. The Morgan fingerprint density at radius 3 is 2.75 bits per heavy atom. The average molecular weight is 337 g/mol. The number of hydrogen-bond acceptors (Lipinski definition) is 5. The van der Waals surface area contributed by atoms with E-state index in [0.717, 1.165) is 17.9 Å². The van der Waals surface area contributed by atoms with E-state index in [-0.39, 0.29) is 11.9 Å². The van der Waals surface area contributed by atoms with E-state index in [9.17, 15) is 4.79 Å². The maximum absolute atomic E-state index is 11.4. The van der Waals surface area contributed by atoms with Gasteiger partial charge in [-0.3, -0.25) is 9.79 Å². The minimum atomic E-state index is -0.260. The zero-order valence-electron chi connectivity index (χ0n) is 14.8. The summed E-state index contributed by atoms with van der Waals surface area (Å²) in [6.45, 7) is 3.49. The van der Waals surface area contributed by atoms with Gasteiger partial charge < -0.3 is 24.8 Å². The molecule has 0 aliphatic carbocycles. The number of methoxy groups -OCH3 is 2. The van der Waals surface area contributed by atoms with Crippen molar-refractivity contribution in [1.29, 1.82) is 0 Å².